The first-order chi connectivity index (χ1) is 20.4. The number of halogens is 1. The molecule has 0 atom stereocenters. The number of carbonyl (C=O) groups is 3. The van der Waals surface area contributed by atoms with Crippen LogP contribution in [0.2, 0.25) is 0 Å². The fourth-order valence-electron chi connectivity index (χ4n) is 4.95. The van der Waals surface area contributed by atoms with Gasteiger partial charge in [-0.3, -0.25) is 9.59 Å². The minimum atomic E-state index is -1.34. The molecule has 212 valence electrons. The van der Waals surface area contributed by atoms with Gasteiger partial charge in [-0.15, -0.1) is 0 Å². The van der Waals surface area contributed by atoms with Crippen molar-refractivity contribution in [2.24, 2.45) is 0 Å². The number of H-pyrrole nitrogens is 1. The molecule has 0 bridgehead atoms. The smallest absolute Gasteiger partial charge is 0.355 e. The van der Waals surface area contributed by atoms with Crippen molar-refractivity contribution in [2.45, 2.75) is 19.9 Å². The number of aromatic amines is 1. The SMILES string of the molecule is CCCNC(=O)c1ccc(-c2cc3c(cc2C(=O)Nc2ccc4[nH]ccc4c2Br)-c2nccn2CCO3)c(C(=O)O)n1. The molecule has 1 aliphatic rings. The van der Waals surface area contributed by atoms with Crippen LogP contribution in [0.4, 0.5) is 5.69 Å². The lowest BCUT2D eigenvalue weighted by molar-refractivity contribution is 0.0691. The molecule has 0 saturated heterocycles. The maximum atomic E-state index is 14.0. The number of carboxylic acid groups (broad SMARTS) is 1. The van der Waals surface area contributed by atoms with Gasteiger partial charge in [0, 0.05) is 52.7 Å². The number of ether oxygens (including phenoxy) is 1. The molecule has 0 radical (unpaired) electrons. The van der Waals surface area contributed by atoms with E-state index < -0.39 is 17.8 Å². The Morgan fingerprint density at radius 2 is 1.95 bits per heavy atom. The Morgan fingerprint density at radius 1 is 1.10 bits per heavy atom. The molecule has 11 nitrogen and oxygen atoms in total. The highest BCUT2D eigenvalue weighted by Crippen LogP contribution is 2.40. The van der Waals surface area contributed by atoms with Crippen molar-refractivity contribution in [3.8, 4) is 28.3 Å². The van der Waals surface area contributed by atoms with Crippen molar-refractivity contribution in [3.63, 3.8) is 0 Å². The molecule has 6 rings (SSSR count). The summed E-state index contributed by atoms with van der Waals surface area (Å²) in [6.07, 6.45) is 6.03. The van der Waals surface area contributed by atoms with E-state index in [9.17, 15) is 19.5 Å². The van der Waals surface area contributed by atoms with Crippen molar-refractivity contribution in [3.05, 3.63) is 82.5 Å². The average molecular weight is 629 g/mol. The van der Waals surface area contributed by atoms with Gasteiger partial charge in [-0.1, -0.05) is 6.92 Å². The highest BCUT2D eigenvalue weighted by Gasteiger charge is 2.27. The van der Waals surface area contributed by atoms with E-state index in [0.717, 1.165) is 10.9 Å². The number of anilines is 1. The Hall–Kier alpha value is -4.97. The lowest BCUT2D eigenvalue weighted by Gasteiger charge is -2.17. The predicted octanol–water partition coefficient (Wildman–Crippen LogP) is 5.34. The predicted molar refractivity (Wildman–Crippen MR) is 160 cm³/mol. The number of aromatic nitrogens is 4. The monoisotopic (exact) mass is 628 g/mol. The van der Waals surface area contributed by atoms with Crippen LogP contribution in [0.3, 0.4) is 0 Å². The molecule has 2 amide bonds. The van der Waals surface area contributed by atoms with Gasteiger partial charge in [-0.25, -0.2) is 14.8 Å². The Morgan fingerprint density at radius 3 is 2.76 bits per heavy atom. The second-order valence-corrected chi connectivity index (χ2v) is 10.5. The second kappa shape index (κ2) is 11.1. The molecule has 5 aromatic rings. The Bertz CT molecular complexity index is 1880. The van der Waals surface area contributed by atoms with Crippen LogP contribution in [0.15, 0.2) is 65.5 Å². The molecule has 0 unspecified atom stereocenters. The number of imidazole rings is 1. The zero-order chi connectivity index (χ0) is 29.4. The third kappa shape index (κ3) is 4.90. The molecule has 0 spiro atoms. The standard InChI is InChI=1S/C30H25BrN6O5/c1-2-8-34-29(39)23-4-3-16(26(35-23)30(40)41)18-15-24-20(27-33-10-11-37(27)12-13-42-24)14-19(18)28(38)36-22-6-5-21-17(25(22)31)7-9-32-21/h3-7,9-11,14-15,32H,2,8,12-13H2,1H3,(H,34,39)(H,36,38)(H,40,41). The molecule has 0 saturated carbocycles. The number of benzene rings is 2. The van der Waals surface area contributed by atoms with Gasteiger partial charge in [0.05, 0.1) is 22.3 Å². The van der Waals surface area contributed by atoms with E-state index in [2.05, 4.69) is 41.5 Å². The molecule has 0 fully saturated rings. The summed E-state index contributed by atoms with van der Waals surface area (Å²) in [7, 11) is 0. The second-order valence-electron chi connectivity index (χ2n) is 9.66. The number of hydrogen-bond acceptors (Lipinski definition) is 6. The van der Waals surface area contributed by atoms with E-state index in [4.69, 9.17) is 4.74 Å². The Labute approximate surface area is 248 Å². The lowest BCUT2D eigenvalue weighted by atomic mass is 9.94. The minimum Gasteiger partial charge on any atom is -0.491 e. The number of carboxylic acids is 1. The van der Waals surface area contributed by atoms with Crippen molar-refractivity contribution in [1.82, 2.24) is 24.8 Å². The number of amides is 2. The molecule has 1 aliphatic heterocycles. The van der Waals surface area contributed by atoms with Crippen molar-refractivity contribution >= 4 is 50.3 Å². The van der Waals surface area contributed by atoms with Gasteiger partial charge in [-0.05, 0) is 64.8 Å². The summed E-state index contributed by atoms with van der Waals surface area (Å²) < 4.78 is 8.66. The summed E-state index contributed by atoms with van der Waals surface area (Å²) in [5.41, 5.74) is 2.26. The zero-order valence-corrected chi connectivity index (χ0v) is 24.0. The fourth-order valence-corrected chi connectivity index (χ4v) is 5.53. The van der Waals surface area contributed by atoms with E-state index in [1.54, 1.807) is 30.6 Å². The van der Waals surface area contributed by atoms with E-state index in [1.807, 2.05) is 29.8 Å². The topological polar surface area (TPSA) is 151 Å². The number of aromatic carboxylic acids is 1. The lowest BCUT2D eigenvalue weighted by Crippen LogP contribution is -2.25. The summed E-state index contributed by atoms with van der Waals surface area (Å²) in [6, 6.07) is 11.8. The largest absolute Gasteiger partial charge is 0.491 e. The molecule has 42 heavy (non-hydrogen) atoms. The highest BCUT2D eigenvalue weighted by atomic mass is 79.9. The quantitative estimate of drug-likeness (QED) is 0.190. The van der Waals surface area contributed by atoms with Crippen LogP contribution in [0, 0.1) is 0 Å². The molecule has 3 aromatic heterocycles. The van der Waals surface area contributed by atoms with E-state index in [1.165, 1.54) is 12.1 Å². The van der Waals surface area contributed by atoms with Gasteiger partial charge in [0.1, 0.15) is 23.9 Å². The first-order valence-electron chi connectivity index (χ1n) is 13.3. The van der Waals surface area contributed by atoms with Gasteiger partial charge in [0.2, 0.25) is 0 Å². The number of rotatable bonds is 7. The van der Waals surface area contributed by atoms with Crippen molar-refractivity contribution in [1.29, 1.82) is 0 Å². The van der Waals surface area contributed by atoms with Crippen molar-refractivity contribution < 1.29 is 24.2 Å². The van der Waals surface area contributed by atoms with Crippen LogP contribution in [0.1, 0.15) is 44.7 Å². The van der Waals surface area contributed by atoms with Gasteiger partial charge >= 0.3 is 5.97 Å². The molecule has 2 aromatic carbocycles. The number of pyridine rings is 1. The van der Waals surface area contributed by atoms with Gasteiger partial charge < -0.3 is 30.0 Å². The Balaban J connectivity index is 1.51. The third-order valence-corrected chi connectivity index (χ3v) is 7.84. The minimum absolute atomic E-state index is 0.0348. The molecule has 4 N–H and O–H groups in total. The molecule has 0 aliphatic carbocycles. The van der Waals surface area contributed by atoms with E-state index in [0.29, 0.717) is 53.4 Å². The Kier molecular flexibility index (Phi) is 7.21. The normalized spacial score (nSPS) is 12.1. The first kappa shape index (κ1) is 27.2. The summed E-state index contributed by atoms with van der Waals surface area (Å²) in [6.45, 7) is 3.24. The zero-order valence-electron chi connectivity index (χ0n) is 22.4. The summed E-state index contributed by atoms with van der Waals surface area (Å²) in [5.74, 6) is -1.23. The van der Waals surface area contributed by atoms with Crippen LogP contribution >= 0.6 is 15.9 Å². The average Bonchev–Trinajstić information content (AvgIpc) is 3.64. The molecular formula is C30H25BrN6O5. The number of nitrogens with one attached hydrogen (secondary N) is 3. The first-order valence-corrected chi connectivity index (χ1v) is 14.1. The summed E-state index contributed by atoms with van der Waals surface area (Å²) >= 11 is 3.59. The fraction of sp³-hybridized carbons (Fsp3) is 0.167. The van der Waals surface area contributed by atoms with Gasteiger partial charge in [0.25, 0.3) is 11.8 Å². The molecular weight excluding hydrogens is 604 g/mol. The number of hydrogen-bond donors (Lipinski definition) is 4. The van der Waals surface area contributed by atoms with Crippen molar-refractivity contribution in [2.75, 3.05) is 18.5 Å². The summed E-state index contributed by atoms with van der Waals surface area (Å²) in [5, 5.41) is 16.7. The third-order valence-electron chi connectivity index (χ3n) is 6.98. The van der Waals surface area contributed by atoms with Crippen LogP contribution in [-0.2, 0) is 6.54 Å². The number of fused-ring (bicyclic) bond motifs is 4. The van der Waals surface area contributed by atoms with Crippen LogP contribution in [-0.4, -0.2) is 55.6 Å². The number of carbonyl (C=O) groups excluding carboxylic acids is 2. The van der Waals surface area contributed by atoms with Crippen LogP contribution < -0.4 is 15.4 Å². The number of nitrogens with zero attached hydrogens (tertiary/aromatic N) is 3. The van der Waals surface area contributed by atoms with Gasteiger partial charge in [-0.2, -0.15) is 0 Å². The maximum Gasteiger partial charge on any atom is 0.355 e. The molecule has 12 heteroatoms. The molecule has 4 heterocycles. The van der Waals surface area contributed by atoms with E-state index in [-0.39, 0.29) is 28.1 Å². The highest BCUT2D eigenvalue weighted by molar-refractivity contribution is 9.10. The van der Waals surface area contributed by atoms with Crippen LogP contribution in [0.5, 0.6) is 5.75 Å². The maximum absolute atomic E-state index is 14.0. The van der Waals surface area contributed by atoms with Gasteiger partial charge in [0.15, 0.2) is 5.69 Å². The summed E-state index contributed by atoms with van der Waals surface area (Å²) in [4.78, 5) is 50.8. The van der Waals surface area contributed by atoms with E-state index >= 15 is 0 Å². The van der Waals surface area contributed by atoms with Crippen LogP contribution in [0.25, 0.3) is 33.4 Å².